The van der Waals surface area contributed by atoms with E-state index in [1.165, 1.54) is 23.9 Å². The number of fused-ring (bicyclic) bond motifs is 1. The lowest BCUT2D eigenvalue weighted by Crippen LogP contribution is -2.36. The molecule has 5 rings (SSSR count). The summed E-state index contributed by atoms with van der Waals surface area (Å²) >= 11 is 14.1. The van der Waals surface area contributed by atoms with Crippen LogP contribution in [0.1, 0.15) is 43.9 Å². The number of carbonyl (C=O) groups excluding carboxylic acids is 1. The molecule has 0 unspecified atom stereocenters. The van der Waals surface area contributed by atoms with Crippen molar-refractivity contribution in [3.63, 3.8) is 0 Å². The fourth-order valence-corrected chi connectivity index (χ4v) is 5.72. The summed E-state index contributed by atoms with van der Waals surface area (Å²) < 4.78 is 15.3. The number of benzene rings is 2. The monoisotopic (exact) mass is 502 g/mol. The normalized spacial score (nSPS) is 19.2. The van der Waals surface area contributed by atoms with Crippen LogP contribution in [0.4, 0.5) is 10.3 Å². The van der Waals surface area contributed by atoms with Crippen molar-refractivity contribution in [1.29, 1.82) is 0 Å². The third kappa shape index (κ3) is 4.42. The smallest absolute Gasteiger partial charge is 0.227 e. The maximum absolute atomic E-state index is 13.5. The summed E-state index contributed by atoms with van der Waals surface area (Å²) in [7, 11) is 0. The van der Waals surface area contributed by atoms with E-state index in [2.05, 4.69) is 24.1 Å². The molecule has 0 amide bonds. The molecule has 2 aliphatic rings. The van der Waals surface area contributed by atoms with Gasteiger partial charge in [0.15, 0.2) is 5.78 Å². The molecule has 0 radical (unpaired) electrons. The molecular weight excluding hydrogens is 482 g/mol. The molecule has 0 saturated heterocycles. The number of hydrogen-bond acceptors (Lipinski definition) is 5. The zero-order valence-electron chi connectivity index (χ0n) is 18.0. The van der Waals surface area contributed by atoms with Crippen molar-refractivity contribution in [3.8, 4) is 0 Å². The number of halogens is 3. The highest BCUT2D eigenvalue weighted by atomic mass is 35.5. The molecule has 1 aromatic heterocycles. The van der Waals surface area contributed by atoms with Gasteiger partial charge in [0.25, 0.3) is 0 Å². The van der Waals surface area contributed by atoms with E-state index in [0.717, 1.165) is 16.8 Å². The molecule has 0 bridgehead atoms. The Balaban J connectivity index is 1.55. The molecule has 1 N–H and O–H groups in total. The molecule has 1 aliphatic heterocycles. The third-order valence-corrected chi connectivity index (χ3v) is 7.30. The van der Waals surface area contributed by atoms with Crippen molar-refractivity contribution in [3.05, 3.63) is 80.7 Å². The van der Waals surface area contributed by atoms with Crippen LogP contribution in [-0.4, -0.2) is 20.5 Å². The lowest BCUT2D eigenvalue weighted by molar-refractivity contribution is -0.118. The van der Waals surface area contributed by atoms with Gasteiger partial charge in [0.1, 0.15) is 11.9 Å². The average Bonchev–Trinajstić information content (AvgIpc) is 3.13. The van der Waals surface area contributed by atoms with Crippen molar-refractivity contribution >= 4 is 46.7 Å². The predicted octanol–water partition coefficient (Wildman–Crippen LogP) is 6.67. The van der Waals surface area contributed by atoms with Gasteiger partial charge in [-0.25, -0.2) is 9.07 Å². The predicted molar refractivity (Wildman–Crippen MR) is 129 cm³/mol. The van der Waals surface area contributed by atoms with Crippen LogP contribution >= 0.6 is 35.0 Å². The number of Topliss-reactive ketones (excluding diaryl/α,β-unsaturated/α-hetero) is 1. The molecule has 170 valence electrons. The van der Waals surface area contributed by atoms with Crippen LogP contribution < -0.4 is 5.32 Å². The van der Waals surface area contributed by atoms with Gasteiger partial charge in [-0.15, -0.1) is 5.10 Å². The first kappa shape index (κ1) is 22.4. The Hall–Kier alpha value is -2.35. The number of carbonyl (C=O) groups is 1. The first-order valence-corrected chi connectivity index (χ1v) is 12.3. The van der Waals surface area contributed by atoms with Gasteiger partial charge in [-0.05, 0) is 41.7 Å². The third-order valence-electron chi connectivity index (χ3n) is 5.83. The van der Waals surface area contributed by atoms with E-state index in [1.807, 2.05) is 12.1 Å². The Morgan fingerprint density at radius 2 is 2.03 bits per heavy atom. The highest BCUT2D eigenvalue weighted by Gasteiger charge is 2.42. The van der Waals surface area contributed by atoms with Crippen LogP contribution in [0.5, 0.6) is 0 Å². The molecule has 0 saturated carbocycles. The first-order valence-electron chi connectivity index (χ1n) is 10.5. The molecule has 1 atom stereocenters. The molecule has 9 heteroatoms. The molecule has 1 aliphatic carbocycles. The molecule has 0 spiro atoms. The van der Waals surface area contributed by atoms with Gasteiger partial charge < -0.3 is 5.32 Å². The topological polar surface area (TPSA) is 59.8 Å². The van der Waals surface area contributed by atoms with Crippen molar-refractivity contribution in [1.82, 2.24) is 14.8 Å². The number of nitrogens with one attached hydrogen (secondary N) is 1. The summed E-state index contributed by atoms with van der Waals surface area (Å²) in [5, 5.41) is 9.57. The maximum atomic E-state index is 13.5. The number of anilines is 1. The van der Waals surface area contributed by atoms with Gasteiger partial charge in [-0.2, -0.15) is 4.98 Å². The van der Waals surface area contributed by atoms with E-state index in [-0.39, 0.29) is 17.0 Å². The number of ketones is 1. The molecular formula is C24H21Cl2FN4OS. The average molecular weight is 503 g/mol. The van der Waals surface area contributed by atoms with Gasteiger partial charge in [0, 0.05) is 39.1 Å². The quantitative estimate of drug-likeness (QED) is 0.403. The van der Waals surface area contributed by atoms with Crippen LogP contribution in [-0.2, 0) is 10.5 Å². The lowest BCUT2D eigenvalue weighted by atomic mass is 9.73. The first-order chi connectivity index (χ1) is 15.7. The second-order valence-electron chi connectivity index (χ2n) is 9.11. The highest BCUT2D eigenvalue weighted by molar-refractivity contribution is 7.98. The SMILES string of the molecule is CC1(C)CC(=O)C2=C(C1)Nc1nc(SCc3cccc(F)c3)nn1[C@@H]2c1ccc(Cl)cc1Cl. The summed E-state index contributed by atoms with van der Waals surface area (Å²) in [6, 6.07) is 11.2. The zero-order valence-corrected chi connectivity index (χ0v) is 20.4. The second-order valence-corrected chi connectivity index (χ2v) is 10.9. The summed E-state index contributed by atoms with van der Waals surface area (Å²) in [6.07, 6.45) is 1.16. The number of hydrogen-bond donors (Lipinski definition) is 1. The van der Waals surface area contributed by atoms with Gasteiger partial charge in [-0.3, -0.25) is 4.79 Å². The number of thioether (sulfide) groups is 1. The maximum Gasteiger partial charge on any atom is 0.227 e. The highest BCUT2D eigenvalue weighted by Crippen LogP contribution is 2.47. The van der Waals surface area contributed by atoms with E-state index < -0.39 is 6.04 Å². The van der Waals surface area contributed by atoms with Crippen molar-refractivity contribution < 1.29 is 9.18 Å². The summed E-state index contributed by atoms with van der Waals surface area (Å²) in [6.45, 7) is 4.17. The molecule has 2 aromatic carbocycles. The van der Waals surface area contributed by atoms with Crippen molar-refractivity contribution in [2.24, 2.45) is 5.41 Å². The van der Waals surface area contributed by atoms with Crippen LogP contribution in [0.2, 0.25) is 10.0 Å². The Labute approximate surface area is 205 Å². The minimum absolute atomic E-state index is 0.0693. The van der Waals surface area contributed by atoms with Crippen molar-refractivity contribution in [2.45, 2.75) is 43.6 Å². The van der Waals surface area contributed by atoms with Crippen LogP contribution in [0.15, 0.2) is 58.9 Å². The van der Waals surface area contributed by atoms with E-state index in [4.69, 9.17) is 28.3 Å². The van der Waals surface area contributed by atoms with Crippen LogP contribution in [0.25, 0.3) is 0 Å². The lowest BCUT2D eigenvalue weighted by Gasteiger charge is -2.38. The van der Waals surface area contributed by atoms with E-state index >= 15 is 0 Å². The van der Waals surface area contributed by atoms with Crippen LogP contribution in [0.3, 0.4) is 0 Å². The molecule has 2 heterocycles. The van der Waals surface area contributed by atoms with E-state index in [1.54, 1.807) is 22.9 Å². The van der Waals surface area contributed by atoms with Gasteiger partial charge in [0.2, 0.25) is 11.1 Å². The largest absolute Gasteiger partial charge is 0.328 e. The Morgan fingerprint density at radius 1 is 1.21 bits per heavy atom. The second kappa shape index (κ2) is 8.46. The van der Waals surface area contributed by atoms with Gasteiger partial charge in [0.05, 0.1) is 0 Å². The van der Waals surface area contributed by atoms with Gasteiger partial charge >= 0.3 is 0 Å². The van der Waals surface area contributed by atoms with Crippen molar-refractivity contribution in [2.75, 3.05) is 5.32 Å². The Kier molecular flexibility index (Phi) is 5.75. The standard InChI is InChI=1S/C24H21Cl2FN4OS/c1-24(2)10-18-20(19(32)11-24)21(16-7-6-14(25)9-17(16)26)31-22(28-18)29-23(30-31)33-12-13-4-3-5-15(27)8-13/h3-9,21H,10-12H2,1-2H3,(H,28,29,30)/t21-/m1/s1. The Morgan fingerprint density at radius 3 is 2.79 bits per heavy atom. The number of allylic oxidation sites excluding steroid dienone is 2. The number of nitrogens with zero attached hydrogens (tertiary/aromatic N) is 3. The van der Waals surface area contributed by atoms with Gasteiger partial charge in [-0.1, -0.05) is 67.0 Å². The fourth-order valence-electron chi connectivity index (χ4n) is 4.44. The minimum atomic E-state index is -0.499. The summed E-state index contributed by atoms with van der Waals surface area (Å²) in [5.74, 6) is 0.867. The molecule has 3 aromatic rings. The number of rotatable bonds is 4. The number of aromatic nitrogens is 3. The molecule has 0 fully saturated rings. The van der Waals surface area contributed by atoms with E-state index in [9.17, 15) is 9.18 Å². The Bertz CT molecular complexity index is 1300. The fraction of sp³-hybridized carbons (Fsp3) is 0.292. The summed E-state index contributed by atoms with van der Waals surface area (Å²) in [4.78, 5) is 18.0. The minimum Gasteiger partial charge on any atom is -0.328 e. The molecule has 5 nitrogen and oxygen atoms in total. The molecule has 33 heavy (non-hydrogen) atoms. The summed E-state index contributed by atoms with van der Waals surface area (Å²) in [5.41, 5.74) is 2.95. The van der Waals surface area contributed by atoms with E-state index in [0.29, 0.717) is 45.3 Å². The zero-order chi connectivity index (χ0) is 23.3. The van der Waals surface area contributed by atoms with Crippen LogP contribution in [0, 0.1) is 11.2 Å².